The highest BCUT2D eigenvalue weighted by molar-refractivity contribution is 9.10. The van der Waals surface area contributed by atoms with E-state index in [9.17, 15) is 0 Å². The zero-order chi connectivity index (χ0) is 11.3. The largest absolute Gasteiger partial charge is 0.383 e. The van der Waals surface area contributed by atoms with E-state index in [1.165, 1.54) is 0 Å². The summed E-state index contributed by atoms with van der Waals surface area (Å²) in [5.41, 5.74) is 5.63. The first-order valence-electron chi connectivity index (χ1n) is 4.75. The first-order chi connectivity index (χ1) is 7.13. The third-order valence-corrected chi connectivity index (χ3v) is 2.35. The zero-order valence-electron chi connectivity index (χ0n) is 8.78. The van der Waals surface area contributed by atoms with Gasteiger partial charge in [0.05, 0.1) is 0 Å². The molecule has 0 atom stereocenters. The molecule has 15 heavy (non-hydrogen) atoms. The van der Waals surface area contributed by atoms with Gasteiger partial charge < -0.3 is 10.6 Å². The summed E-state index contributed by atoms with van der Waals surface area (Å²) in [6.07, 6.45) is 3.94. The second-order valence-electron chi connectivity index (χ2n) is 3.27. The van der Waals surface area contributed by atoms with Gasteiger partial charge in [0.15, 0.2) is 0 Å². The Morgan fingerprint density at radius 1 is 1.60 bits per heavy atom. The van der Waals surface area contributed by atoms with Crippen LogP contribution in [0.1, 0.15) is 12.8 Å². The Morgan fingerprint density at radius 3 is 2.93 bits per heavy atom. The summed E-state index contributed by atoms with van der Waals surface area (Å²) in [6, 6.07) is 1.68. The molecule has 82 valence electrons. The zero-order valence-corrected chi connectivity index (χ0v) is 10.4. The maximum atomic E-state index is 5.63. The second kappa shape index (κ2) is 5.70. The minimum absolute atomic E-state index is 0.474. The molecule has 0 saturated carbocycles. The van der Waals surface area contributed by atoms with E-state index in [0.717, 1.165) is 19.4 Å². The molecule has 0 aliphatic heterocycles. The Bertz CT molecular complexity index is 320. The first kappa shape index (κ1) is 12.0. The Morgan fingerprint density at radius 2 is 2.33 bits per heavy atom. The fraction of sp³-hybridized carbons (Fsp3) is 0.400. The Labute approximate surface area is 98.3 Å². The molecule has 0 fully saturated rings. The van der Waals surface area contributed by atoms with Gasteiger partial charge in [0, 0.05) is 19.7 Å². The van der Waals surface area contributed by atoms with Crippen LogP contribution >= 0.6 is 15.9 Å². The number of nitrogens with zero attached hydrogens (tertiary/aromatic N) is 3. The fourth-order valence-corrected chi connectivity index (χ4v) is 1.56. The molecule has 0 amide bonds. The molecule has 0 unspecified atom stereocenters. The summed E-state index contributed by atoms with van der Waals surface area (Å²) < 4.78 is 0.709. The lowest BCUT2D eigenvalue weighted by atomic mass is 10.3. The van der Waals surface area contributed by atoms with Gasteiger partial charge >= 0.3 is 0 Å². The van der Waals surface area contributed by atoms with Crippen LogP contribution in [0.15, 0.2) is 23.3 Å². The van der Waals surface area contributed by atoms with Crippen LogP contribution < -0.4 is 10.6 Å². The van der Waals surface area contributed by atoms with Crippen molar-refractivity contribution in [2.75, 3.05) is 24.2 Å². The molecule has 5 heteroatoms. The molecule has 0 saturated heterocycles. The molecule has 2 N–H and O–H groups in total. The van der Waals surface area contributed by atoms with Crippen molar-refractivity contribution in [3.05, 3.63) is 23.3 Å². The second-order valence-corrected chi connectivity index (χ2v) is 4.08. The van der Waals surface area contributed by atoms with Gasteiger partial charge in [-0.05, 0) is 28.8 Å². The predicted molar refractivity (Wildman–Crippen MR) is 66.8 cm³/mol. The summed E-state index contributed by atoms with van der Waals surface area (Å²) in [5.74, 6) is 1.12. The van der Waals surface area contributed by atoms with Crippen molar-refractivity contribution in [2.24, 2.45) is 0 Å². The van der Waals surface area contributed by atoms with Crippen molar-refractivity contribution >= 4 is 27.7 Å². The average molecular weight is 271 g/mol. The highest BCUT2D eigenvalue weighted by Crippen LogP contribution is 2.15. The molecule has 1 heterocycles. The van der Waals surface area contributed by atoms with Crippen LogP contribution in [0.5, 0.6) is 0 Å². The van der Waals surface area contributed by atoms with Crippen molar-refractivity contribution < 1.29 is 0 Å². The van der Waals surface area contributed by atoms with E-state index in [1.807, 2.05) is 18.0 Å². The van der Waals surface area contributed by atoms with Gasteiger partial charge in [-0.2, -0.15) is 4.98 Å². The summed E-state index contributed by atoms with van der Waals surface area (Å²) in [7, 11) is 1.95. The molecular weight excluding hydrogens is 256 g/mol. The third kappa shape index (κ3) is 3.87. The van der Waals surface area contributed by atoms with Crippen LogP contribution in [-0.2, 0) is 0 Å². The molecule has 0 bridgehead atoms. The number of unbranched alkanes of at least 4 members (excludes halogenated alkanes) is 1. The molecule has 1 aromatic heterocycles. The number of hydrogen-bond acceptors (Lipinski definition) is 4. The molecular formula is C10H15BrN4. The summed E-state index contributed by atoms with van der Waals surface area (Å²) in [6.45, 7) is 4.57. The van der Waals surface area contributed by atoms with Gasteiger partial charge in [0.1, 0.15) is 10.4 Å². The number of halogens is 1. The molecule has 0 aromatic carbocycles. The molecule has 0 aliphatic carbocycles. The van der Waals surface area contributed by atoms with Crippen LogP contribution in [0.25, 0.3) is 0 Å². The molecule has 0 radical (unpaired) electrons. The first-order valence-corrected chi connectivity index (χ1v) is 5.55. The summed E-state index contributed by atoms with van der Waals surface area (Å²) in [4.78, 5) is 10.4. The maximum Gasteiger partial charge on any atom is 0.228 e. The minimum atomic E-state index is 0.474. The Balaban J connectivity index is 2.64. The maximum absolute atomic E-state index is 5.63. The Kier molecular flexibility index (Phi) is 4.55. The predicted octanol–water partition coefficient (Wildman–Crippen LogP) is 2.22. The van der Waals surface area contributed by atoms with E-state index >= 15 is 0 Å². The Hall–Kier alpha value is -1.10. The summed E-state index contributed by atoms with van der Waals surface area (Å²) >= 11 is 3.29. The number of allylic oxidation sites excluding steroid dienone is 1. The van der Waals surface area contributed by atoms with Crippen LogP contribution in [0, 0.1) is 0 Å². The lowest BCUT2D eigenvalue weighted by Crippen LogP contribution is -2.21. The fourth-order valence-electron chi connectivity index (χ4n) is 1.17. The quantitative estimate of drug-likeness (QED) is 0.507. The smallest absolute Gasteiger partial charge is 0.228 e. The van der Waals surface area contributed by atoms with Gasteiger partial charge in [-0.3, -0.25) is 0 Å². The average Bonchev–Trinajstić information content (AvgIpc) is 2.16. The number of anilines is 2. The van der Waals surface area contributed by atoms with Gasteiger partial charge in [0.2, 0.25) is 5.95 Å². The molecule has 1 aromatic rings. The van der Waals surface area contributed by atoms with Crippen LogP contribution in [0.2, 0.25) is 0 Å². The third-order valence-electron chi connectivity index (χ3n) is 1.95. The molecule has 0 aliphatic rings. The minimum Gasteiger partial charge on any atom is -0.383 e. The standard InChI is InChI=1S/C10H15BrN4/c1-3-4-5-6-15(2)10-13-8(11)7-9(12)14-10/h3,7H,1,4-6H2,2H3,(H2,12,13,14). The van der Waals surface area contributed by atoms with E-state index in [0.29, 0.717) is 16.4 Å². The number of aromatic nitrogens is 2. The van der Waals surface area contributed by atoms with Gasteiger partial charge in [-0.25, -0.2) is 4.98 Å². The van der Waals surface area contributed by atoms with Gasteiger partial charge in [-0.1, -0.05) is 6.08 Å². The summed E-state index contributed by atoms with van der Waals surface area (Å²) in [5, 5.41) is 0. The topological polar surface area (TPSA) is 55.0 Å². The highest BCUT2D eigenvalue weighted by atomic mass is 79.9. The SMILES string of the molecule is C=CCCCN(C)c1nc(N)cc(Br)n1. The van der Waals surface area contributed by atoms with E-state index < -0.39 is 0 Å². The van der Waals surface area contributed by atoms with Crippen LogP contribution in [-0.4, -0.2) is 23.6 Å². The molecule has 1 rings (SSSR count). The van der Waals surface area contributed by atoms with E-state index in [-0.39, 0.29) is 0 Å². The number of nitrogens with two attached hydrogens (primary N) is 1. The van der Waals surface area contributed by atoms with Crippen molar-refractivity contribution in [3.63, 3.8) is 0 Å². The molecule has 4 nitrogen and oxygen atoms in total. The number of rotatable bonds is 5. The number of hydrogen-bond donors (Lipinski definition) is 1. The van der Waals surface area contributed by atoms with Crippen LogP contribution in [0.4, 0.5) is 11.8 Å². The van der Waals surface area contributed by atoms with E-state index in [2.05, 4.69) is 32.5 Å². The number of nitrogen functional groups attached to an aromatic ring is 1. The normalized spacial score (nSPS) is 10.0. The monoisotopic (exact) mass is 270 g/mol. The van der Waals surface area contributed by atoms with Crippen LogP contribution in [0.3, 0.4) is 0 Å². The van der Waals surface area contributed by atoms with Gasteiger partial charge in [0.25, 0.3) is 0 Å². The molecule has 0 spiro atoms. The van der Waals surface area contributed by atoms with Crippen molar-refractivity contribution in [3.8, 4) is 0 Å². The van der Waals surface area contributed by atoms with Crippen molar-refractivity contribution in [1.82, 2.24) is 9.97 Å². The van der Waals surface area contributed by atoms with Crippen molar-refractivity contribution in [1.29, 1.82) is 0 Å². The van der Waals surface area contributed by atoms with Gasteiger partial charge in [-0.15, -0.1) is 6.58 Å². The lowest BCUT2D eigenvalue weighted by Gasteiger charge is -2.16. The van der Waals surface area contributed by atoms with Crippen molar-refractivity contribution in [2.45, 2.75) is 12.8 Å². The highest BCUT2D eigenvalue weighted by Gasteiger charge is 2.05. The van der Waals surface area contributed by atoms with E-state index in [1.54, 1.807) is 6.07 Å². The van der Waals surface area contributed by atoms with E-state index in [4.69, 9.17) is 5.73 Å². The lowest BCUT2D eigenvalue weighted by molar-refractivity contribution is 0.778.